The number of amides is 3. The van der Waals surface area contributed by atoms with Gasteiger partial charge in [-0.3, -0.25) is 4.79 Å². The quantitative estimate of drug-likeness (QED) is 0.205. The molecule has 0 aliphatic carbocycles. The predicted molar refractivity (Wildman–Crippen MR) is 148 cm³/mol. The molecule has 1 aliphatic heterocycles. The maximum Gasteiger partial charge on any atom is 0.418 e. The molecular weight excluding hydrogens is 604 g/mol. The van der Waals surface area contributed by atoms with E-state index in [9.17, 15) is 35.9 Å². The number of carbonyl (C=O) groups is 2. The number of alkyl halides is 6. The number of nitrogens with zero attached hydrogens (tertiary/aromatic N) is 1. The van der Waals surface area contributed by atoms with E-state index in [4.69, 9.17) is 4.74 Å². The number of morpholine rings is 1. The van der Waals surface area contributed by atoms with Crippen molar-refractivity contribution in [3.8, 4) is 0 Å². The van der Waals surface area contributed by atoms with E-state index in [0.29, 0.717) is 24.7 Å². The number of carbonyl (C=O) groups excluding carboxylic acids is 2. The van der Waals surface area contributed by atoms with Gasteiger partial charge in [0.2, 0.25) is 5.91 Å². The molecule has 0 saturated carbocycles. The first-order chi connectivity index (χ1) is 19.9. The number of urea groups is 1. The highest BCUT2D eigenvalue weighted by atomic mass is 32.2. The Balaban J connectivity index is 1.56. The minimum absolute atomic E-state index is 0.177. The summed E-state index contributed by atoms with van der Waals surface area (Å²) < 4.78 is 90.1. The van der Waals surface area contributed by atoms with Crippen LogP contribution in [0.25, 0.3) is 6.08 Å². The Kier molecular flexibility index (Phi) is 10.2. The van der Waals surface area contributed by atoms with Crippen molar-refractivity contribution in [2.75, 3.05) is 38.2 Å². The summed E-state index contributed by atoms with van der Waals surface area (Å²) in [4.78, 5) is 26.6. The van der Waals surface area contributed by atoms with Crippen LogP contribution < -0.4 is 10.6 Å². The Morgan fingerprint density at radius 1 is 0.976 bits per heavy atom. The van der Waals surface area contributed by atoms with E-state index in [1.54, 1.807) is 11.3 Å². The van der Waals surface area contributed by atoms with Crippen LogP contribution in [-0.4, -0.2) is 49.7 Å². The van der Waals surface area contributed by atoms with Gasteiger partial charge in [-0.15, -0.1) is 11.3 Å². The van der Waals surface area contributed by atoms with Gasteiger partial charge in [0.25, 0.3) is 0 Å². The van der Waals surface area contributed by atoms with Gasteiger partial charge in [0.15, 0.2) is 0 Å². The standard InChI is InChI=1S/C28H25F6N3O3S2/c29-27(30,31)24-18(7-9-23(38)37-12-14-40-15-13-37)6-8-22(25(24)28(32,33)34)42-21-4-1-3-19(17-21)36-26(39)35-11-10-20-5-2-16-41-20/h1-9,16-17H,10-15H2,(H2,35,36,39). The molecule has 1 fully saturated rings. The van der Waals surface area contributed by atoms with Gasteiger partial charge in [0.05, 0.1) is 24.3 Å². The first kappa shape index (κ1) is 31.4. The molecule has 6 nitrogen and oxygen atoms in total. The summed E-state index contributed by atoms with van der Waals surface area (Å²) in [5.41, 5.74) is -4.27. The number of hydrogen-bond donors (Lipinski definition) is 2. The highest BCUT2D eigenvalue weighted by Crippen LogP contribution is 2.48. The number of thiophene rings is 1. The average molecular weight is 630 g/mol. The van der Waals surface area contributed by atoms with Crippen molar-refractivity contribution in [2.24, 2.45) is 0 Å². The number of rotatable bonds is 8. The number of halogens is 6. The van der Waals surface area contributed by atoms with Crippen LogP contribution in [0.1, 0.15) is 21.6 Å². The molecule has 1 saturated heterocycles. The summed E-state index contributed by atoms with van der Waals surface area (Å²) in [5, 5.41) is 7.17. The van der Waals surface area contributed by atoms with Crippen molar-refractivity contribution < 1.29 is 40.7 Å². The summed E-state index contributed by atoms with van der Waals surface area (Å²) in [6.07, 6.45) is -8.51. The van der Waals surface area contributed by atoms with Crippen molar-refractivity contribution in [3.63, 3.8) is 0 Å². The Hall–Kier alpha value is -3.49. The minimum Gasteiger partial charge on any atom is -0.378 e. The minimum atomic E-state index is -5.37. The van der Waals surface area contributed by atoms with Gasteiger partial charge in [0.1, 0.15) is 0 Å². The number of nitrogens with one attached hydrogen (secondary N) is 2. The van der Waals surface area contributed by atoms with Gasteiger partial charge in [-0.1, -0.05) is 30.0 Å². The van der Waals surface area contributed by atoms with Gasteiger partial charge in [-0.05, 0) is 53.8 Å². The van der Waals surface area contributed by atoms with Crippen LogP contribution in [0.5, 0.6) is 0 Å². The molecule has 224 valence electrons. The van der Waals surface area contributed by atoms with Crippen LogP contribution in [0, 0.1) is 0 Å². The second-order valence-corrected chi connectivity index (χ2v) is 11.2. The Morgan fingerprint density at radius 2 is 1.71 bits per heavy atom. The number of hydrogen-bond acceptors (Lipinski definition) is 5. The zero-order valence-corrected chi connectivity index (χ0v) is 23.5. The first-order valence-corrected chi connectivity index (χ1v) is 14.3. The van der Waals surface area contributed by atoms with Gasteiger partial charge in [-0.2, -0.15) is 26.3 Å². The summed E-state index contributed by atoms with van der Waals surface area (Å²) in [6, 6.07) is 10.9. The lowest BCUT2D eigenvalue weighted by atomic mass is 9.99. The summed E-state index contributed by atoms with van der Waals surface area (Å²) in [7, 11) is 0. The predicted octanol–water partition coefficient (Wildman–Crippen LogP) is 7.17. The van der Waals surface area contributed by atoms with E-state index >= 15 is 0 Å². The van der Waals surface area contributed by atoms with Crippen molar-refractivity contribution in [2.45, 2.75) is 28.6 Å². The Labute approximate surface area is 245 Å². The van der Waals surface area contributed by atoms with E-state index in [-0.39, 0.29) is 36.9 Å². The van der Waals surface area contributed by atoms with Crippen molar-refractivity contribution in [1.29, 1.82) is 0 Å². The SMILES string of the molecule is O=C(NCCc1cccs1)Nc1cccc(Sc2ccc(C=CC(=O)N3CCOCC3)c(C(F)(F)F)c2C(F)(F)F)c1. The molecule has 0 spiro atoms. The highest BCUT2D eigenvalue weighted by molar-refractivity contribution is 7.99. The highest BCUT2D eigenvalue weighted by Gasteiger charge is 2.46. The van der Waals surface area contributed by atoms with Gasteiger partial charge in [0, 0.05) is 46.1 Å². The van der Waals surface area contributed by atoms with Crippen LogP contribution in [0.15, 0.2) is 69.8 Å². The molecule has 0 bridgehead atoms. The molecular formula is C28H25F6N3O3S2. The van der Waals surface area contributed by atoms with Crippen LogP contribution in [0.2, 0.25) is 0 Å². The molecule has 0 atom stereocenters. The summed E-state index contributed by atoms with van der Waals surface area (Å²) in [5.74, 6) is -0.627. The Morgan fingerprint density at radius 3 is 2.38 bits per heavy atom. The zero-order chi connectivity index (χ0) is 30.3. The van der Waals surface area contributed by atoms with E-state index in [1.807, 2.05) is 17.5 Å². The van der Waals surface area contributed by atoms with E-state index < -0.39 is 45.9 Å². The van der Waals surface area contributed by atoms with E-state index in [1.165, 1.54) is 29.2 Å². The third-order valence-electron chi connectivity index (χ3n) is 6.05. The zero-order valence-electron chi connectivity index (χ0n) is 21.8. The molecule has 0 radical (unpaired) electrons. The smallest absolute Gasteiger partial charge is 0.378 e. The fourth-order valence-electron chi connectivity index (χ4n) is 4.15. The number of ether oxygens (including phenoxy) is 1. The molecule has 0 unspecified atom stereocenters. The van der Waals surface area contributed by atoms with Crippen LogP contribution in [0.3, 0.4) is 0 Å². The van der Waals surface area contributed by atoms with Crippen LogP contribution in [0.4, 0.5) is 36.8 Å². The third kappa shape index (κ3) is 8.52. The van der Waals surface area contributed by atoms with Crippen LogP contribution in [-0.2, 0) is 28.3 Å². The molecule has 1 aliphatic rings. The Bertz CT molecular complexity index is 1420. The average Bonchev–Trinajstić information content (AvgIpc) is 3.45. The second-order valence-electron chi connectivity index (χ2n) is 9.01. The number of benzene rings is 2. The first-order valence-electron chi connectivity index (χ1n) is 12.6. The van der Waals surface area contributed by atoms with Crippen molar-refractivity contribution >= 4 is 46.8 Å². The maximum atomic E-state index is 14.2. The fraction of sp³-hybridized carbons (Fsp3) is 0.286. The molecule has 42 heavy (non-hydrogen) atoms. The molecule has 14 heteroatoms. The third-order valence-corrected chi connectivity index (χ3v) is 8.04. The molecule has 2 aromatic carbocycles. The maximum absolute atomic E-state index is 14.2. The van der Waals surface area contributed by atoms with Crippen LogP contribution >= 0.6 is 23.1 Å². The van der Waals surface area contributed by atoms with Gasteiger partial charge < -0.3 is 20.3 Å². The van der Waals surface area contributed by atoms with Crippen molar-refractivity contribution in [3.05, 3.63) is 81.6 Å². The van der Waals surface area contributed by atoms with E-state index in [0.717, 1.165) is 29.2 Å². The molecule has 3 amide bonds. The molecule has 1 aromatic heterocycles. The molecule has 4 rings (SSSR count). The monoisotopic (exact) mass is 629 g/mol. The lowest BCUT2D eigenvalue weighted by molar-refractivity contribution is -0.163. The normalized spacial score (nSPS) is 14.3. The molecule has 3 aromatic rings. The topological polar surface area (TPSA) is 70.7 Å². The lowest BCUT2D eigenvalue weighted by Crippen LogP contribution is -2.39. The van der Waals surface area contributed by atoms with Gasteiger partial charge in [-0.25, -0.2) is 4.79 Å². The molecule has 2 heterocycles. The second kappa shape index (κ2) is 13.7. The van der Waals surface area contributed by atoms with E-state index in [2.05, 4.69) is 10.6 Å². The lowest BCUT2D eigenvalue weighted by Gasteiger charge is -2.25. The van der Waals surface area contributed by atoms with Crippen molar-refractivity contribution in [1.82, 2.24) is 10.2 Å². The fourth-order valence-corrected chi connectivity index (χ4v) is 5.91. The van der Waals surface area contributed by atoms with Gasteiger partial charge >= 0.3 is 18.4 Å². The largest absolute Gasteiger partial charge is 0.418 e. The molecule has 2 N–H and O–H groups in total. The summed E-state index contributed by atoms with van der Waals surface area (Å²) in [6.45, 7) is 1.32. The summed E-state index contributed by atoms with van der Waals surface area (Å²) >= 11 is 2.03. The number of anilines is 1.